The van der Waals surface area contributed by atoms with Crippen molar-refractivity contribution in [2.75, 3.05) is 25.0 Å². The summed E-state index contributed by atoms with van der Waals surface area (Å²) in [7, 11) is 2.24. The van der Waals surface area contributed by atoms with Gasteiger partial charge in [0.15, 0.2) is 0 Å². The summed E-state index contributed by atoms with van der Waals surface area (Å²) in [5, 5.41) is 3.46. The molecular weight excluding hydrogens is 232 g/mol. The second-order valence-electron chi connectivity index (χ2n) is 6.97. The molecule has 1 N–H and O–H groups in total. The van der Waals surface area contributed by atoms with E-state index in [-0.39, 0.29) is 5.41 Å². The molecule has 1 aromatic carbocycles. The van der Waals surface area contributed by atoms with Gasteiger partial charge in [0.25, 0.3) is 0 Å². The van der Waals surface area contributed by atoms with Crippen LogP contribution in [0, 0.1) is 13.8 Å². The molecule has 19 heavy (non-hydrogen) atoms. The third kappa shape index (κ3) is 2.94. The van der Waals surface area contributed by atoms with Crippen LogP contribution in [0.5, 0.6) is 0 Å². The third-order valence-corrected chi connectivity index (χ3v) is 4.29. The Morgan fingerprint density at radius 2 is 1.74 bits per heavy atom. The van der Waals surface area contributed by atoms with Gasteiger partial charge in [0.1, 0.15) is 0 Å². The van der Waals surface area contributed by atoms with Crippen LogP contribution in [-0.4, -0.2) is 26.2 Å². The van der Waals surface area contributed by atoms with Gasteiger partial charge >= 0.3 is 0 Å². The van der Waals surface area contributed by atoms with Crippen molar-refractivity contribution >= 4 is 5.69 Å². The number of nitrogens with zero attached hydrogens (tertiary/aromatic N) is 1. The highest BCUT2D eigenvalue weighted by Crippen LogP contribution is 2.32. The van der Waals surface area contributed by atoms with Crippen LogP contribution in [-0.2, 0) is 5.41 Å². The molecule has 1 unspecified atom stereocenters. The number of aryl methyl sites for hydroxylation is 2. The predicted molar refractivity (Wildman–Crippen MR) is 84.3 cm³/mol. The quantitative estimate of drug-likeness (QED) is 0.877. The van der Waals surface area contributed by atoms with Gasteiger partial charge in [0, 0.05) is 25.3 Å². The Morgan fingerprint density at radius 3 is 2.16 bits per heavy atom. The minimum Gasteiger partial charge on any atom is -0.370 e. The zero-order valence-corrected chi connectivity index (χ0v) is 13.3. The largest absolute Gasteiger partial charge is 0.370 e. The van der Waals surface area contributed by atoms with Crippen molar-refractivity contribution in [2.24, 2.45) is 0 Å². The first-order chi connectivity index (χ1) is 8.80. The summed E-state index contributed by atoms with van der Waals surface area (Å²) in [6, 6.07) is 5.36. The van der Waals surface area contributed by atoms with Crippen LogP contribution in [0.1, 0.15) is 43.9 Å². The van der Waals surface area contributed by atoms with Gasteiger partial charge in [-0.3, -0.25) is 0 Å². The molecule has 1 atom stereocenters. The van der Waals surface area contributed by atoms with Crippen LogP contribution in [0.3, 0.4) is 0 Å². The number of likely N-dealkylation sites (N-methyl/N-ethyl adjacent to an activating group) is 1. The van der Waals surface area contributed by atoms with Crippen molar-refractivity contribution in [2.45, 2.75) is 52.5 Å². The van der Waals surface area contributed by atoms with E-state index in [2.05, 4.69) is 64.0 Å². The van der Waals surface area contributed by atoms with Gasteiger partial charge < -0.3 is 10.2 Å². The zero-order valence-electron chi connectivity index (χ0n) is 13.3. The number of hydrogen-bond donors (Lipinski definition) is 1. The van der Waals surface area contributed by atoms with E-state index in [0.29, 0.717) is 6.04 Å². The second-order valence-corrected chi connectivity index (χ2v) is 6.97. The lowest BCUT2D eigenvalue weighted by atomic mass is 9.84. The normalized spacial score (nSPS) is 19.8. The van der Waals surface area contributed by atoms with Crippen molar-refractivity contribution < 1.29 is 0 Å². The molecule has 2 nitrogen and oxygen atoms in total. The van der Waals surface area contributed by atoms with Crippen LogP contribution >= 0.6 is 0 Å². The molecule has 0 radical (unpaired) electrons. The van der Waals surface area contributed by atoms with E-state index in [0.717, 1.165) is 13.1 Å². The standard InChI is InChI=1S/C17H28N2/c1-12-9-14(17(3,4)5)10-13(2)16(12)19(6)15-7-8-18-11-15/h9-10,15,18H,7-8,11H2,1-6H3. The van der Waals surface area contributed by atoms with Crippen molar-refractivity contribution in [1.29, 1.82) is 0 Å². The summed E-state index contributed by atoms with van der Waals surface area (Å²) in [5.74, 6) is 0. The van der Waals surface area contributed by atoms with Crippen molar-refractivity contribution in [1.82, 2.24) is 5.32 Å². The van der Waals surface area contributed by atoms with E-state index in [9.17, 15) is 0 Å². The molecule has 0 saturated carbocycles. The fourth-order valence-corrected chi connectivity index (χ4v) is 3.10. The van der Waals surface area contributed by atoms with E-state index in [4.69, 9.17) is 0 Å². The van der Waals surface area contributed by atoms with Gasteiger partial charge in [-0.15, -0.1) is 0 Å². The Hall–Kier alpha value is -1.02. The number of benzene rings is 1. The van der Waals surface area contributed by atoms with Crippen LogP contribution < -0.4 is 10.2 Å². The average Bonchev–Trinajstić information content (AvgIpc) is 2.79. The van der Waals surface area contributed by atoms with Gasteiger partial charge in [-0.2, -0.15) is 0 Å². The number of rotatable bonds is 2. The van der Waals surface area contributed by atoms with Crippen LogP contribution in [0.4, 0.5) is 5.69 Å². The minimum absolute atomic E-state index is 0.224. The highest BCUT2D eigenvalue weighted by atomic mass is 15.2. The first-order valence-corrected chi connectivity index (χ1v) is 7.36. The van der Waals surface area contributed by atoms with E-state index in [1.54, 1.807) is 0 Å². The van der Waals surface area contributed by atoms with Gasteiger partial charge in [-0.05, 0) is 48.9 Å². The van der Waals surface area contributed by atoms with Crippen molar-refractivity contribution in [3.8, 4) is 0 Å². The molecule has 0 bridgehead atoms. The zero-order chi connectivity index (χ0) is 14.2. The molecule has 0 aliphatic carbocycles. The van der Waals surface area contributed by atoms with Gasteiger partial charge in [-0.1, -0.05) is 32.9 Å². The smallest absolute Gasteiger partial charge is 0.0426 e. The van der Waals surface area contributed by atoms with E-state index in [1.807, 2.05) is 0 Å². The molecule has 1 heterocycles. The summed E-state index contributed by atoms with van der Waals surface area (Å²) in [4.78, 5) is 2.47. The summed E-state index contributed by atoms with van der Waals surface area (Å²) in [6.07, 6.45) is 1.25. The second kappa shape index (κ2) is 5.16. The molecular formula is C17H28N2. The molecule has 2 heteroatoms. The summed E-state index contributed by atoms with van der Waals surface area (Å²) in [5.41, 5.74) is 5.88. The third-order valence-electron chi connectivity index (χ3n) is 4.29. The monoisotopic (exact) mass is 260 g/mol. The van der Waals surface area contributed by atoms with E-state index >= 15 is 0 Å². The van der Waals surface area contributed by atoms with Crippen molar-refractivity contribution in [3.05, 3.63) is 28.8 Å². The average molecular weight is 260 g/mol. The van der Waals surface area contributed by atoms with Crippen LogP contribution in [0.2, 0.25) is 0 Å². The van der Waals surface area contributed by atoms with Gasteiger partial charge in [0.2, 0.25) is 0 Å². The number of anilines is 1. The highest BCUT2D eigenvalue weighted by Gasteiger charge is 2.23. The molecule has 1 aliphatic rings. The molecule has 1 aromatic rings. The molecule has 1 saturated heterocycles. The molecule has 2 rings (SSSR count). The van der Waals surface area contributed by atoms with Crippen LogP contribution in [0.25, 0.3) is 0 Å². The Kier molecular flexibility index (Phi) is 3.91. The lowest BCUT2D eigenvalue weighted by Crippen LogP contribution is -2.34. The summed E-state index contributed by atoms with van der Waals surface area (Å²) < 4.78 is 0. The van der Waals surface area contributed by atoms with Gasteiger partial charge in [-0.25, -0.2) is 0 Å². The highest BCUT2D eigenvalue weighted by molar-refractivity contribution is 5.61. The lowest BCUT2D eigenvalue weighted by molar-refractivity contribution is 0.588. The van der Waals surface area contributed by atoms with E-state index < -0.39 is 0 Å². The molecule has 0 amide bonds. The maximum absolute atomic E-state index is 3.46. The lowest BCUT2D eigenvalue weighted by Gasteiger charge is -2.31. The summed E-state index contributed by atoms with van der Waals surface area (Å²) >= 11 is 0. The predicted octanol–water partition coefficient (Wildman–Crippen LogP) is 3.40. The molecule has 106 valence electrons. The maximum Gasteiger partial charge on any atom is 0.0426 e. The first-order valence-electron chi connectivity index (χ1n) is 7.36. The molecule has 0 aromatic heterocycles. The molecule has 1 fully saturated rings. The van der Waals surface area contributed by atoms with Crippen LogP contribution in [0.15, 0.2) is 12.1 Å². The van der Waals surface area contributed by atoms with E-state index in [1.165, 1.54) is 28.8 Å². The SMILES string of the molecule is Cc1cc(C(C)(C)C)cc(C)c1N(C)C1CCNC1. The molecule has 1 aliphatic heterocycles. The Balaban J connectivity index is 2.36. The Morgan fingerprint density at radius 1 is 1.16 bits per heavy atom. The fourth-order valence-electron chi connectivity index (χ4n) is 3.10. The number of hydrogen-bond acceptors (Lipinski definition) is 2. The Bertz CT molecular complexity index is 428. The topological polar surface area (TPSA) is 15.3 Å². The molecule has 0 spiro atoms. The fraction of sp³-hybridized carbons (Fsp3) is 0.647. The maximum atomic E-state index is 3.46. The summed E-state index contributed by atoms with van der Waals surface area (Å²) in [6.45, 7) is 13.6. The van der Waals surface area contributed by atoms with Crippen molar-refractivity contribution in [3.63, 3.8) is 0 Å². The number of nitrogens with one attached hydrogen (secondary N) is 1. The van der Waals surface area contributed by atoms with Gasteiger partial charge in [0.05, 0.1) is 0 Å². The first kappa shape index (κ1) is 14.4. The Labute approximate surface area is 118 Å². The minimum atomic E-state index is 0.224.